The van der Waals surface area contributed by atoms with E-state index in [1.165, 1.54) is 0 Å². The van der Waals surface area contributed by atoms with E-state index >= 15 is 0 Å². The first-order valence-electron chi connectivity index (χ1n) is 3.09. The van der Waals surface area contributed by atoms with Crippen LogP contribution in [0.15, 0.2) is 24.3 Å². The first-order valence-corrected chi connectivity index (χ1v) is 3.50. The zero-order chi connectivity index (χ0) is 8.27. The van der Waals surface area contributed by atoms with Gasteiger partial charge in [-0.3, -0.25) is 0 Å². The second kappa shape index (κ2) is 6.07. The molecule has 0 amide bonds. The topological polar surface area (TPSA) is 26.3 Å². The van der Waals surface area contributed by atoms with Gasteiger partial charge in [0, 0.05) is 5.12 Å². The van der Waals surface area contributed by atoms with Crippen LogP contribution in [0.4, 0.5) is 0 Å². The van der Waals surface area contributed by atoms with Crippen molar-refractivity contribution in [3.8, 4) is 5.75 Å². The third-order valence-electron chi connectivity index (χ3n) is 1.33. The van der Waals surface area contributed by atoms with Gasteiger partial charge in [0.05, 0.1) is 7.11 Å². The molecule has 0 atom stereocenters. The van der Waals surface area contributed by atoms with E-state index in [0.29, 0.717) is 5.56 Å². The van der Waals surface area contributed by atoms with Gasteiger partial charge in [0.2, 0.25) is 0 Å². The summed E-state index contributed by atoms with van der Waals surface area (Å²) in [6, 6.07) is 6.71. The smallest absolute Gasteiger partial charge is 0.737 e. The van der Waals surface area contributed by atoms with E-state index in [9.17, 15) is 4.79 Å². The van der Waals surface area contributed by atoms with Crippen molar-refractivity contribution < 1.29 is 60.9 Å². The summed E-state index contributed by atoms with van der Waals surface area (Å²) in [7, 11) is 1.57. The van der Waals surface area contributed by atoms with Crippen LogP contribution < -0.4 is 56.1 Å². The third kappa shape index (κ3) is 3.51. The van der Waals surface area contributed by atoms with Gasteiger partial charge in [0.15, 0.2) is 0 Å². The van der Waals surface area contributed by atoms with Crippen LogP contribution in [0.5, 0.6) is 5.75 Å². The molecule has 0 heterocycles. The van der Waals surface area contributed by atoms with Crippen molar-refractivity contribution in [3.63, 3.8) is 0 Å². The van der Waals surface area contributed by atoms with Gasteiger partial charge in [-0.25, -0.2) is 0 Å². The van der Waals surface area contributed by atoms with Gasteiger partial charge in [0.25, 0.3) is 0 Å². The van der Waals surface area contributed by atoms with Crippen LogP contribution in [0.1, 0.15) is 10.4 Å². The minimum Gasteiger partial charge on any atom is -0.737 e. The van der Waals surface area contributed by atoms with Crippen LogP contribution >= 0.6 is 0 Å². The molecule has 1 aromatic rings. The zero-order valence-corrected chi connectivity index (χ0v) is 11.0. The minimum atomic E-state index is -0.340. The molecular weight excluding hydrogens is 199 g/mol. The third-order valence-corrected chi connectivity index (χ3v) is 1.56. The molecule has 1 rings (SSSR count). The maximum Gasteiger partial charge on any atom is 1.00 e. The van der Waals surface area contributed by atoms with E-state index in [0.717, 1.165) is 5.75 Å². The van der Waals surface area contributed by atoms with Gasteiger partial charge >= 0.3 is 51.4 Å². The Morgan fingerprint density at radius 3 is 2.17 bits per heavy atom. The van der Waals surface area contributed by atoms with E-state index in [-0.39, 0.29) is 56.5 Å². The predicted molar refractivity (Wildman–Crippen MR) is 44.7 cm³/mol. The number of benzene rings is 1. The van der Waals surface area contributed by atoms with Gasteiger partial charge in [0.1, 0.15) is 5.75 Å². The Kier molecular flexibility index (Phi) is 6.35. The molecule has 0 aliphatic carbocycles. The van der Waals surface area contributed by atoms with Gasteiger partial charge in [-0.2, -0.15) is 0 Å². The number of hydrogen-bond donors (Lipinski definition) is 0. The number of ether oxygens (including phenoxy) is 1. The molecular formula is C8H7KO2S. The molecule has 0 aromatic heterocycles. The molecule has 1 aromatic carbocycles. The molecule has 0 saturated heterocycles. The summed E-state index contributed by atoms with van der Waals surface area (Å²) in [5, 5.41) is -0.340. The summed E-state index contributed by atoms with van der Waals surface area (Å²) in [6.07, 6.45) is 0. The molecule has 0 unspecified atom stereocenters. The molecule has 12 heavy (non-hydrogen) atoms. The first kappa shape index (κ1) is 12.5. The fraction of sp³-hybridized carbons (Fsp3) is 0.125. The second-order valence-corrected chi connectivity index (χ2v) is 2.39. The van der Waals surface area contributed by atoms with Gasteiger partial charge in [-0.1, -0.05) is 0 Å². The molecule has 0 bridgehead atoms. The molecule has 0 aliphatic rings. The summed E-state index contributed by atoms with van der Waals surface area (Å²) >= 11 is 4.45. The largest absolute Gasteiger partial charge is 1.00 e. The number of carbonyl (C=O) groups is 1. The van der Waals surface area contributed by atoms with Crippen molar-refractivity contribution in [3.05, 3.63) is 29.8 Å². The Hall–Kier alpha value is 0.546. The van der Waals surface area contributed by atoms with E-state index in [1.807, 2.05) is 0 Å². The van der Waals surface area contributed by atoms with Crippen LogP contribution in [0, 0.1) is 0 Å². The number of carbonyl (C=O) groups excluding carboxylic acids is 1. The summed E-state index contributed by atoms with van der Waals surface area (Å²) in [4.78, 5) is 10.6. The summed E-state index contributed by atoms with van der Waals surface area (Å²) in [5.41, 5.74) is 0.529. The molecule has 58 valence electrons. The number of methoxy groups -OCH3 is 1. The Morgan fingerprint density at radius 2 is 1.83 bits per heavy atom. The Labute approximate surface area is 120 Å². The number of rotatable bonds is 2. The maximum absolute atomic E-state index is 10.6. The van der Waals surface area contributed by atoms with Gasteiger partial charge in [-0.05, 0) is 29.8 Å². The number of hydrogen-bond acceptors (Lipinski definition) is 3. The van der Waals surface area contributed by atoms with Crippen molar-refractivity contribution in [1.82, 2.24) is 0 Å². The summed E-state index contributed by atoms with van der Waals surface area (Å²) < 4.78 is 4.90. The van der Waals surface area contributed by atoms with Crippen LogP contribution in [0.3, 0.4) is 0 Å². The molecule has 0 spiro atoms. The standard InChI is InChI=1S/C8H8O2S.K/c1-10-7-4-2-6(3-5-7)8(9)11;/h2-5H,1H3,(H,9,11);/q;+1/p-1. The van der Waals surface area contributed by atoms with Crippen LogP contribution in [-0.4, -0.2) is 12.2 Å². The van der Waals surface area contributed by atoms with Crippen LogP contribution in [0.25, 0.3) is 0 Å². The van der Waals surface area contributed by atoms with Crippen molar-refractivity contribution in [2.75, 3.05) is 7.11 Å². The summed E-state index contributed by atoms with van der Waals surface area (Å²) in [6.45, 7) is 0. The van der Waals surface area contributed by atoms with Crippen molar-refractivity contribution in [2.45, 2.75) is 0 Å². The molecule has 4 heteroatoms. The fourth-order valence-electron chi connectivity index (χ4n) is 0.727. The maximum atomic E-state index is 10.6. The zero-order valence-electron chi connectivity index (χ0n) is 7.03. The van der Waals surface area contributed by atoms with E-state index in [4.69, 9.17) is 4.74 Å². The Morgan fingerprint density at radius 1 is 1.33 bits per heavy atom. The molecule has 0 radical (unpaired) electrons. The van der Waals surface area contributed by atoms with Gasteiger partial charge < -0.3 is 22.2 Å². The normalized spacial score (nSPS) is 8.42. The fourth-order valence-corrected chi connectivity index (χ4v) is 0.863. The molecule has 2 nitrogen and oxygen atoms in total. The van der Waals surface area contributed by atoms with E-state index in [2.05, 4.69) is 12.6 Å². The first-order chi connectivity index (χ1) is 5.24. The minimum absolute atomic E-state index is 0. The molecule has 0 saturated carbocycles. The Balaban J connectivity index is 0.00000121. The van der Waals surface area contributed by atoms with Gasteiger partial charge in [-0.15, -0.1) is 0 Å². The van der Waals surface area contributed by atoms with Crippen molar-refractivity contribution in [2.24, 2.45) is 0 Å². The second-order valence-electron chi connectivity index (χ2n) is 2.02. The van der Waals surface area contributed by atoms with Crippen molar-refractivity contribution in [1.29, 1.82) is 0 Å². The monoisotopic (exact) mass is 206 g/mol. The van der Waals surface area contributed by atoms with E-state index < -0.39 is 0 Å². The molecule has 0 aliphatic heterocycles. The summed E-state index contributed by atoms with van der Waals surface area (Å²) in [5.74, 6) is 0.727. The molecule has 0 fully saturated rings. The van der Waals surface area contributed by atoms with Crippen molar-refractivity contribution >= 4 is 17.7 Å². The average Bonchev–Trinajstić information content (AvgIpc) is 2.05. The predicted octanol–water partition coefficient (Wildman–Crippen LogP) is -1.61. The van der Waals surface area contributed by atoms with E-state index in [1.54, 1.807) is 31.4 Å². The average molecular weight is 206 g/mol. The van der Waals surface area contributed by atoms with Crippen LogP contribution in [-0.2, 0) is 12.6 Å². The quantitative estimate of drug-likeness (QED) is 0.430. The SMILES string of the molecule is COc1ccc(C(=O)[S-])cc1.[K+]. The van der Waals surface area contributed by atoms with Crippen LogP contribution in [0.2, 0.25) is 0 Å². The Bertz CT molecular complexity index is 258. The molecule has 0 N–H and O–H groups in total.